The van der Waals surface area contributed by atoms with Gasteiger partial charge in [-0.3, -0.25) is 10.1 Å². The van der Waals surface area contributed by atoms with Crippen molar-refractivity contribution in [2.75, 3.05) is 12.4 Å². The molecule has 108 valence electrons. The number of anilines is 1. The van der Waals surface area contributed by atoms with Crippen LogP contribution in [-0.2, 0) is 4.79 Å². The van der Waals surface area contributed by atoms with Crippen LogP contribution in [0.5, 0.6) is 6.01 Å². The molecule has 12 heteroatoms. The summed E-state index contributed by atoms with van der Waals surface area (Å²) >= 11 is 0. The molecule has 1 heterocycles. The smallest absolute Gasteiger partial charge is 0.409 e. The molecule has 1 rings (SSSR count). The Morgan fingerprint density at radius 3 is 2.16 bits per heavy atom. The molecule has 0 aliphatic rings. The lowest BCUT2D eigenvalue weighted by Gasteiger charge is -2.21. The summed E-state index contributed by atoms with van der Waals surface area (Å²) in [5.74, 6) is -7.17. The maximum atomic E-state index is 12.2. The van der Waals surface area contributed by atoms with Gasteiger partial charge in [-0.25, -0.2) is 5.10 Å². The molecule has 0 saturated carbocycles. The van der Waals surface area contributed by atoms with E-state index in [1.807, 2.05) is 5.10 Å². The summed E-state index contributed by atoms with van der Waals surface area (Å²) < 4.78 is 77.6. The van der Waals surface area contributed by atoms with Crippen LogP contribution in [0.15, 0.2) is 0 Å². The zero-order valence-corrected chi connectivity index (χ0v) is 9.06. The number of hydrogen-bond donors (Lipinski definition) is 2. The number of carbonyl (C=O) groups is 1. The highest BCUT2D eigenvalue weighted by atomic mass is 19.4. The van der Waals surface area contributed by atoms with Gasteiger partial charge in [-0.2, -0.15) is 31.3 Å². The monoisotopic (exact) mass is 292 g/mol. The number of rotatable bonds is 3. The van der Waals surface area contributed by atoms with E-state index >= 15 is 0 Å². The molecule has 1 aromatic rings. The second kappa shape index (κ2) is 4.93. The summed E-state index contributed by atoms with van der Waals surface area (Å²) in [4.78, 5) is 14.3. The van der Waals surface area contributed by atoms with E-state index in [4.69, 9.17) is 0 Å². The highest BCUT2D eigenvalue weighted by Crippen LogP contribution is 2.39. The van der Waals surface area contributed by atoms with Gasteiger partial charge in [-0.05, 0) is 0 Å². The number of hydrogen-bond acceptors (Lipinski definition) is 4. The lowest BCUT2D eigenvalue weighted by atomic mass is 10.1. The number of alkyl halides is 6. The number of H-pyrrole nitrogens is 1. The molecule has 0 aliphatic carbocycles. The van der Waals surface area contributed by atoms with Crippen molar-refractivity contribution in [2.24, 2.45) is 5.92 Å². The average molecular weight is 292 g/mol. The molecule has 0 spiro atoms. The van der Waals surface area contributed by atoms with Crippen molar-refractivity contribution in [3.8, 4) is 6.01 Å². The third-order valence-electron chi connectivity index (χ3n) is 1.81. The molecule has 0 bridgehead atoms. The summed E-state index contributed by atoms with van der Waals surface area (Å²) in [5.41, 5.74) is 0. The summed E-state index contributed by atoms with van der Waals surface area (Å²) in [5, 5.41) is 6.45. The van der Waals surface area contributed by atoms with Crippen molar-refractivity contribution in [3.05, 3.63) is 0 Å². The Morgan fingerprint density at radius 1 is 1.26 bits per heavy atom. The first kappa shape index (κ1) is 15.0. The van der Waals surface area contributed by atoms with Gasteiger partial charge >= 0.3 is 18.4 Å². The van der Waals surface area contributed by atoms with Crippen LogP contribution in [0.3, 0.4) is 0 Å². The quantitative estimate of drug-likeness (QED) is 0.827. The lowest BCUT2D eigenvalue weighted by molar-refractivity contribution is -0.272. The maximum absolute atomic E-state index is 12.2. The second-order valence-electron chi connectivity index (χ2n) is 3.18. The minimum Gasteiger partial charge on any atom is -0.466 e. The van der Waals surface area contributed by atoms with E-state index in [9.17, 15) is 31.1 Å². The Hall–Kier alpha value is -2.01. The van der Waals surface area contributed by atoms with Crippen LogP contribution in [0.4, 0.5) is 32.3 Å². The van der Waals surface area contributed by atoms with Crippen LogP contribution in [0.25, 0.3) is 0 Å². The number of nitrogens with zero attached hydrogens (tertiary/aromatic N) is 2. The highest BCUT2D eigenvalue weighted by Gasteiger charge is 2.61. The van der Waals surface area contributed by atoms with Gasteiger partial charge in [-0.1, -0.05) is 0 Å². The van der Waals surface area contributed by atoms with Crippen molar-refractivity contribution >= 4 is 11.9 Å². The zero-order chi connectivity index (χ0) is 14.8. The number of nitrogens with one attached hydrogen (secondary N) is 2. The lowest BCUT2D eigenvalue weighted by Crippen LogP contribution is -2.45. The molecule has 0 aromatic carbocycles. The zero-order valence-electron chi connectivity index (χ0n) is 9.06. The summed E-state index contributed by atoms with van der Waals surface area (Å²) in [6.07, 6.45) is -11.5. The van der Waals surface area contributed by atoms with Crippen LogP contribution in [0, 0.1) is 5.92 Å². The molecule has 0 saturated heterocycles. The van der Waals surface area contributed by atoms with E-state index in [0.29, 0.717) is 0 Å². The van der Waals surface area contributed by atoms with Crippen LogP contribution < -0.4 is 10.1 Å². The van der Waals surface area contributed by atoms with E-state index in [1.54, 1.807) is 0 Å². The normalized spacial score (nSPS) is 12.6. The fourth-order valence-electron chi connectivity index (χ4n) is 1.07. The first-order chi connectivity index (χ1) is 8.55. The van der Waals surface area contributed by atoms with Gasteiger partial charge in [0.2, 0.25) is 17.8 Å². The van der Waals surface area contributed by atoms with E-state index in [0.717, 1.165) is 7.11 Å². The van der Waals surface area contributed by atoms with Gasteiger partial charge < -0.3 is 4.74 Å². The number of aromatic amines is 1. The number of carbonyl (C=O) groups excluding carboxylic acids is 1. The standard InChI is InChI=1S/C7H6F6N4O2/c1-19-5-15-4(16-17-5)14-3(18)2(6(8,9)10)7(11,12)13/h2H,1H3,(H2,14,15,16,17,18). The number of aromatic nitrogens is 3. The molecule has 0 aliphatic heterocycles. The summed E-state index contributed by atoms with van der Waals surface area (Å²) in [6, 6.07) is -0.356. The largest absolute Gasteiger partial charge is 0.466 e. The predicted octanol–water partition coefficient (Wildman–Crippen LogP) is 1.49. The minimum absolute atomic E-state index is 0.356. The van der Waals surface area contributed by atoms with Crippen LogP contribution >= 0.6 is 0 Å². The molecule has 1 aromatic heterocycles. The van der Waals surface area contributed by atoms with E-state index in [2.05, 4.69) is 14.8 Å². The molecular formula is C7H6F6N4O2. The summed E-state index contributed by atoms with van der Waals surface area (Å²) in [6.45, 7) is 0. The summed E-state index contributed by atoms with van der Waals surface area (Å²) in [7, 11) is 1.11. The predicted molar refractivity (Wildman–Crippen MR) is 47.2 cm³/mol. The van der Waals surface area contributed by atoms with Gasteiger partial charge in [-0.15, -0.1) is 5.10 Å². The van der Waals surface area contributed by atoms with Gasteiger partial charge in [0.25, 0.3) is 0 Å². The molecule has 0 atom stereocenters. The van der Waals surface area contributed by atoms with Crippen molar-refractivity contribution in [3.63, 3.8) is 0 Å². The van der Waals surface area contributed by atoms with Crippen LogP contribution in [-0.4, -0.2) is 40.6 Å². The van der Waals surface area contributed by atoms with Gasteiger partial charge in [0, 0.05) is 0 Å². The Morgan fingerprint density at radius 2 is 1.79 bits per heavy atom. The van der Waals surface area contributed by atoms with Gasteiger partial charge in [0.1, 0.15) is 0 Å². The number of methoxy groups -OCH3 is 1. The number of halogens is 6. The Balaban J connectivity index is 2.90. The van der Waals surface area contributed by atoms with Gasteiger partial charge in [0.15, 0.2) is 0 Å². The number of amides is 1. The van der Waals surface area contributed by atoms with E-state index in [1.165, 1.54) is 5.32 Å². The maximum Gasteiger partial charge on any atom is 0.409 e. The molecule has 0 fully saturated rings. The Labute approximate surface area is 101 Å². The third kappa shape index (κ3) is 3.72. The van der Waals surface area contributed by atoms with Crippen molar-refractivity contribution in [2.45, 2.75) is 12.4 Å². The SMILES string of the molecule is COc1n[nH]c(NC(=O)C(C(F)(F)F)C(F)(F)F)n1. The molecule has 0 unspecified atom stereocenters. The topological polar surface area (TPSA) is 79.9 Å². The van der Waals surface area contributed by atoms with E-state index in [-0.39, 0.29) is 6.01 Å². The van der Waals surface area contributed by atoms with Crippen molar-refractivity contribution in [1.29, 1.82) is 0 Å². The minimum atomic E-state index is -5.77. The number of ether oxygens (including phenoxy) is 1. The highest BCUT2D eigenvalue weighted by molar-refractivity contribution is 5.92. The first-order valence-electron chi connectivity index (χ1n) is 4.46. The molecule has 1 amide bonds. The first-order valence-corrected chi connectivity index (χ1v) is 4.46. The molecule has 19 heavy (non-hydrogen) atoms. The fourth-order valence-corrected chi connectivity index (χ4v) is 1.07. The molecular weight excluding hydrogens is 286 g/mol. The van der Waals surface area contributed by atoms with Gasteiger partial charge in [0.05, 0.1) is 7.11 Å². The third-order valence-corrected chi connectivity index (χ3v) is 1.81. The van der Waals surface area contributed by atoms with Crippen LogP contribution in [0.2, 0.25) is 0 Å². The Bertz CT molecular complexity index is 439. The molecule has 2 N–H and O–H groups in total. The van der Waals surface area contributed by atoms with Crippen LogP contribution in [0.1, 0.15) is 0 Å². The van der Waals surface area contributed by atoms with Crippen molar-refractivity contribution < 1.29 is 35.9 Å². The fraction of sp³-hybridized carbons (Fsp3) is 0.571. The van der Waals surface area contributed by atoms with E-state index < -0.39 is 30.1 Å². The average Bonchev–Trinajstić information content (AvgIpc) is 2.60. The molecule has 6 nitrogen and oxygen atoms in total. The van der Waals surface area contributed by atoms with Crippen molar-refractivity contribution in [1.82, 2.24) is 15.2 Å². The second-order valence-corrected chi connectivity index (χ2v) is 3.18. The molecule has 0 radical (unpaired) electrons. The Kier molecular flexibility index (Phi) is 3.91.